The van der Waals surface area contributed by atoms with Crippen molar-refractivity contribution in [3.63, 3.8) is 0 Å². The number of nitrogens with zero attached hydrogens (tertiary/aromatic N) is 4. The van der Waals surface area contributed by atoms with Gasteiger partial charge in [-0.25, -0.2) is 18.1 Å². The monoisotopic (exact) mass is 589 g/mol. The van der Waals surface area contributed by atoms with Crippen LogP contribution in [0.3, 0.4) is 0 Å². The van der Waals surface area contributed by atoms with Gasteiger partial charge in [-0.1, -0.05) is 36.2 Å². The van der Waals surface area contributed by atoms with Crippen molar-refractivity contribution in [2.24, 2.45) is 0 Å². The van der Waals surface area contributed by atoms with E-state index in [9.17, 15) is 18.3 Å². The fourth-order valence-corrected chi connectivity index (χ4v) is 6.59. The number of hydrogen-bond donors (Lipinski definition) is 2. The Bertz CT molecular complexity index is 1400. The molecule has 37 heavy (non-hydrogen) atoms. The zero-order chi connectivity index (χ0) is 27.7. The summed E-state index contributed by atoms with van der Waals surface area (Å²) in [4.78, 5) is 19.8. The summed E-state index contributed by atoms with van der Waals surface area (Å²) in [5, 5.41) is 18.1. The highest BCUT2D eigenvalue weighted by Crippen LogP contribution is 2.43. The molecule has 0 aliphatic rings. The Balaban J connectivity index is 2.20. The van der Waals surface area contributed by atoms with Crippen molar-refractivity contribution in [1.82, 2.24) is 24.8 Å². The van der Waals surface area contributed by atoms with Crippen molar-refractivity contribution in [3.05, 3.63) is 33.8 Å². The molecule has 0 aliphatic carbocycles. The van der Waals surface area contributed by atoms with Crippen LogP contribution < -0.4 is 4.72 Å². The molecule has 2 heterocycles. The first-order valence-corrected chi connectivity index (χ1v) is 14.6. The number of rotatable bonds is 10. The van der Waals surface area contributed by atoms with E-state index >= 15 is 0 Å². The SMILES string of the molecule is CCCN(CC)C(=O)c1nc(-c2nnc(C(C)(C)O)o2)sc1-c1ccc(S(=O)(=O)NC(C)C)c(Cl)c1Cl. The summed E-state index contributed by atoms with van der Waals surface area (Å²) in [7, 11) is -3.92. The average Bonchev–Trinajstić information content (AvgIpc) is 3.45. The van der Waals surface area contributed by atoms with E-state index in [0.717, 1.165) is 17.8 Å². The van der Waals surface area contributed by atoms with E-state index in [1.54, 1.807) is 18.7 Å². The second-order valence-corrected chi connectivity index (χ2v) is 12.5. The van der Waals surface area contributed by atoms with Gasteiger partial charge >= 0.3 is 0 Å². The number of carbonyl (C=O) groups is 1. The van der Waals surface area contributed by atoms with Crippen LogP contribution in [0, 0.1) is 0 Å². The van der Waals surface area contributed by atoms with Gasteiger partial charge in [-0.3, -0.25) is 4.79 Å². The van der Waals surface area contributed by atoms with Crippen molar-refractivity contribution >= 4 is 50.5 Å². The maximum Gasteiger partial charge on any atom is 0.276 e. The number of halogens is 2. The summed E-state index contributed by atoms with van der Waals surface area (Å²) in [5.41, 5.74) is -0.948. The molecule has 1 amide bonds. The second-order valence-electron chi connectivity index (χ2n) is 9.07. The number of amides is 1. The maximum absolute atomic E-state index is 13.5. The van der Waals surface area contributed by atoms with Crippen molar-refractivity contribution in [2.45, 2.75) is 64.5 Å². The van der Waals surface area contributed by atoms with E-state index in [-0.39, 0.29) is 49.4 Å². The predicted molar refractivity (Wildman–Crippen MR) is 143 cm³/mol. The minimum Gasteiger partial charge on any atom is -0.415 e. The summed E-state index contributed by atoms with van der Waals surface area (Å²) in [6.07, 6.45) is 0.743. The Kier molecular flexibility index (Phi) is 9.03. The van der Waals surface area contributed by atoms with Gasteiger partial charge in [0.25, 0.3) is 11.8 Å². The Morgan fingerprint density at radius 1 is 1.22 bits per heavy atom. The standard InChI is InChI=1S/C23H29Cl2N5O5S2/c1-7-11-30(8-2)21(31)17-18(36-20(26-17)19-27-28-22(35-19)23(5,6)32)13-9-10-14(16(25)15(13)24)37(33,34)29-12(3)4/h9-10,12,29,32H,7-8,11H2,1-6H3. The highest BCUT2D eigenvalue weighted by atomic mass is 35.5. The van der Waals surface area contributed by atoms with Crippen molar-refractivity contribution < 1.29 is 22.7 Å². The second kappa shape index (κ2) is 11.3. The van der Waals surface area contributed by atoms with E-state index in [4.69, 9.17) is 27.6 Å². The number of thiazole rings is 1. The largest absolute Gasteiger partial charge is 0.415 e. The first-order valence-electron chi connectivity index (χ1n) is 11.6. The molecule has 0 bridgehead atoms. The van der Waals surface area contributed by atoms with Gasteiger partial charge in [0.2, 0.25) is 15.9 Å². The molecule has 2 N–H and O–H groups in total. The number of nitrogens with one attached hydrogen (secondary N) is 1. The Morgan fingerprint density at radius 3 is 2.43 bits per heavy atom. The fraction of sp³-hybridized carbons (Fsp3) is 0.478. The predicted octanol–water partition coefficient (Wildman–Crippen LogP) is 4.95. The van der Waals surface area contributed by atoms with Crippen LogP contribution in [0.25, 0.3) is 21.3 Å². The third-order valence-corrected chi connectivity index (χ3v) is 8.87. The van der Waals surface area contributed by atoms with Crippen LogP contribution in [0.15, 0.2) is 21.4 Å². The number of sulfonamides is 1. The van der Waals surface area contributed by atoms with Crippen LogP contribution in [0.1, 0.15) is 64.3 Å². The minimum atomic E-state index is -3.92. The molecular weight excluding hydrogens is 561 g/mol. The number of hydrogen-bond acceptors (Lipinski definition) is 9. The highest BCUT2D eigenvalue weighted by molar-refractivity contribution is 7.89. The van der Waals surface area contributed by atoms with Gasteiger partial charge in [0.15, 0.2) is 5.01 Å². The quantitative estimate of drug-likeness (QED) is 0.338. The zero-order valence-electron chi connectivity index (χ0n) is 21.3. The third-order valence-electron chi connectivity index (χ3n) is 5.10. The number of aliphatic hydroxyl groups is 1. The van der Waals surface area contributed by atoms with Crippen molar-refractivity contribution in [1.29, 1.82) is 0 Å². The molecule has 0 saturated carbocycles. The maximum atomic E-state index is 13.5. The van der Waals surface area contributed by atoms with Gasteiger partial charge in [0.1, 0.15) is 16.2 Å². The molecule has 0 saturated heterocycles. The molecule has 3 aromatic rings. The Labute approximate surface area is 230 Å². The molecule has 14 heteroatoms. The van der Waals surface area contributed by atoms with E-state index in [1.807, 2.05) is 13.8 Å². The van der Waals surface area contributed by atoms with Crippen LogP contribution in [0.5, 0.6) is 0 Å². The lowest BCUT2D eigenvalue weighted by Gasteiger charge is -2.20. The molecule has 0 unspecified atom stereocenters. The number of benzene rings is 1. The van der Waals surface area contributed by atoms with Gasteiger partial charge in [0.05, 0.1) is 14.9 Å². The van der Waals surface area contributed by atoms with E-state index in [2.05, 4.69) is 19.9 Å². The molecule has 0 atom stereocenters. The number of carbonyl (C=O) groups excluding carboxylic acids is 1. The summed E-state index contributed by atoms with van der Waals surface area (Å²) in [6.45, 7) is 11.2. The smallest absolute Gasteiger partial charge is 0.276 e. The van der Waals surface area contributed by atoms with E-state index in [0.29, 0.717) is 23.5 Å². The number of aromatic nitrogens is 3. The minimum absolute atomic E-state index is 0.0124. The molecule has 1 aromatic carbocycles. The molecule has 10 nitrogen and oxygen atoms in total. The zero-order valence-corrected chi connectivity index (χ0v) is 24.4. The lowest BCUT2D eigenvalue weighted by molar-refractivity contribution is 0.0487. The summed E-state index contributed by atoms with van der Waals surface area (Å²) in [5.74, 6) is -0.334. The van der Waals surface area contributed by atoms with Crippen molar-refractivity contribution in [2.75, 3.05) is 13.1 Å². The van der Waals surface area contributed by atoms with Gasteiger partial charge in [0, 0.05) is 24.7 Å². The van der Waals surface area contributed by atoms with E-state index < -0.39 is 15.6 Å². The molecular formula is C23H29Cl2N5O5S2. The normalized spacial score (nSPS) is 12.4. The van der Waals surface area contributed by atoms with Gasteiger partial charge in [-0.15, -0.1) is 21.5 Å². The topological polar surface area (TPSA) is 139 Å². The molecule has 0 fully saturated rings. The molecule has 0 radical (unpaired) electrons. The fourth-order valence-electron chi connectivity index (χ4n) is 3.41. The van der Waals surface area contributed by atoms with Gasteiger partial charge in [-0.05, 0) is 47.1 Å². The Hall–Kier alpha value is -2.09. The first kappa shape index (κ1) is 29.5. The molecule has 3 rings (SSSR count). The summed E-state index contributed by atoms with van der Waals surface area (Å²) < 4.78 is 33.6. The molecule has 0 aliphatic heterocycles. The highest BCUT2D eigenvalue weighted by Gasteiger charge is 2.31. The molecule has 202 valence electrons. The lowest BCUT2D eigenvalue weighted by Crippen LogP contribution is -2.32. The van der Waals surface area contributed by atoms with Crippen LogP contribution in [0.4, 0.5) is 0 Å². The molecule has 2 aromatic heterocycles. The van der Waals surface area contributed by atoms with Crippen LogP contribution in [-0.4, -0.2) is 58.6 Å². The van der Waals surface area contributed by atoms with Gasteiger partial charge < -0.3 is 14.4 Å². The first-order chi connectivity index (χ1) is 17.2. The average molecular weight is 591 g/mol. The summed E-state index contributed by atoms with van der Waals surface area (Å²) in [6, 6.07) is 2.48. The van der Waals surface area contributed by atoms with Crippen molar-refractivity contribution in [3.8, 4) is 21.3 Å². The van der Waals surface area contributed by atoms with Gasteiger partial charge in [-0.2, -0.15) is 0 Å². The third kappa shape index (κ3) is 6.32. The van der Waals surface area contributed by atoms with Crippen LogP contribution >= 0.6 is 34.5 Å². The lowest BCUT2D eigenvalue weighted by atomic mass is 10.1. The van der Waals surface area contributed by atoms with E-state index in [1.165, 1.54) is 26.0 Å². The Morgan fingerprint density at radius 2 is 1.89 bits per heavy atom. The summed E-state index contributed by atoms with van der Waals surface area (Å²) >= 11 is 14.1. The van der Waals surface area contributed by atoms with Crippen LogP contribution in [-0.2, 0) is 15.6 Å². The van der Waals surface area contributed by atoms with Crippen LogP contribution in [0.2, 0.25) is 10.0 Å². The molecule has 0 spiro atoms.